The number of fused-ring (bicyclic) bond motifs is 1. The van der Waals surface area contributed by atoms with Crippen LogP contribution in [-0.2, 0) is 0 Å². The predicted molar refractivity (Wildman–Crippen MR) is 99.7 cm³/mol. The molecule has 0 amide bonds. The molecular weight excluding hydrogens is 334 g/mol. The van der Waals surface area contributed by atoms with E-state index in [1.54, 1.807) is 6.20 Å². The van der Waals surface area contributed by atoms with Crippen molar-refractivity contribution in [2.45, 2.75) is 13.1 Å². The average Bonchev–Trinajstić information content (AvgIpc) is 3.05. The van der Waals surface area contributed by atoms with Crippen LogP contribution in [0.2, 0.25) is 5.02 Å². The quantitative estimate of drug-likeness (QED) is 0.591. The summed E-state index contributed by atoms with van der Waals surface area (Å²) in [5.74, 6) is 0.777. The molecule has 25 heavy (non-hydrogen) atoms. The zero-order valence-electron chi connectivity index (χ0n) is 13.6. The zero-order valence-corrected chi connectivity index (χ0v) is 14.4. The summed E-state index contributed by atoms with van der Waals surface area (Å²) in [6.07, 6.45) is 1.54. The topological polar surface area (TPSA) is 55.6 Å². The Balaban J connectivity index is 1.82. The molecule has 4 rings (SSSR count). The molecule has 2 heterocycles. The molecule has 0 aliphatic heterocycles. The molecule has 0 saturated heterocycles. The molecule has 1 N–H and O–H groups in total. The fourth-order valence-electron chi connectivity index (χ4n) is 2.76. The number of hydrogen-bond acceptors (Lipinski definition) is 4. The Morgan fingerprint density at radius 3 is 2.64 bits per heavy atom. The molecule has 0 fully saturated rings. The lowest BCUT2D eigenvalue weighted by atomic mass is 10.1. The van der Waals surface area contributed by atoms with Crippen molar-refractivity contribution in [3.8, 4) is 0 Å². The second-order valence-electron chi connectivity index (χ2n) is 5.84. The molecule has 0 bridgehead atoms. The van der Waals surface area contributed by atoms with Gasteiger partial charge in [0.2, 0.25) is 0 Å². The number of anilines is 1. The fraction of sp³-hybridized carbons (Fsp3) is 0.105. The van der Waals surface area contributed by atoms with Gasteiger partial charge in [-0.15, -0.1) is 5.10 Å². The highest BCUT2D eigenvalue weighted by atomic mass is 35.5. The maximum absolute atomic E-state index is 6.05. The summed E-state index contributed by atoms with van der Waals surface area (Å²) in [5.41, 5.74) is 3.95. The van der Waals surface area contributed by atoms with Crippen molar-refractivity contribution in [1.29, 1.82) is 0 Å². The second kappa shape index (κ2) is 6.53. The third kappa shape index (κ3) is 3.19. The molecule has 6 heteroatoms. The van der Waals surface area contributed by atoms with E-state index in [0.717, 1.165) is 28.0 Å². The van der Waals surface area contributed by atoms with Crippen LogP contribution < -0.4 is 5.32 Å². The molecule has 0 aliphatic rings. The van der Waals surface area contributed by atoms with Crippen LogP contribution in [0.5, 0.6) is 0 Å². The Morgan fingerprint density at radius 1 is 1.04 bits per heavy atom. The lowest BCUT2D eigenvalue weighted by Gasteiger charge is -2.21. The summed E-state index contributed by atoms with van der Waals surface area (Å²) in [5, 5.41) is 12.8. The van der Waals surface area contributed by atoms with E-state index in [9.17, 15) is 0 Å². The standard InChI is InChI=1S/C19H16ClN5/c1-13-10-11-21-18(12-13)22-19(14-6-8-15(20)9-7-14)25-17-5-3-2-4-16(17)23-24-25/h2-12,19H,1H3,(H,21,22). The van der Waals surface area contributed by atoms with Crippen LogP contribution in [0.25, 0.3) is 11.0 Å². The smallest absolute Gasteiger partial charge is 0.150 e. The maximum atomic E-state index is 6.05. The summed E-state index contributed by atoms with van der Waals surface area (Å²) >= 11 is 6.05. The van der Waals surface area contributed by atoms with Gasteiger partial charge < -0.3 is 5.32 Å². The average molecular weight is 350 g/mol. The first-order valence-electron chi connectivity index (χ1n) is 7.95. The van der Waals surface area contributed by atoms with Crippen molar-refractivity contribution >= 4 is 28.5 Å². The molecule has 0 radical (unpaired) electrons. The summed E-state index contributed by atoms with van der Waals surface area (Å²) in [6.45, 7) is 2.04. The van der Waals surface area contributed by atoms with Crippen molar-refractivity contribution in [1.82, 2.24) is 20.0 Å². The van der Waals surface area contributed by atoms with Crippen LogP contribution in [-0.4, -0.2) is 20.0 Å². The number of aryl methyl sites for hydroxylation is 1. The highest BCUT2D eigenvalue weighted by Crippen LogP contribution is 2.25. The minimum atomic E-state index is -0.251. The van der Waals surface area contributed by atoms with E-state index in [-0.39, 0.29) is 6.17 Å². The van der Waals surface area contributed by atoms with Crippen molar-refractivity contribution in [3.05, 3.63) is 83.0 Å². The maximum Gasteiger partial charge on any atom is 0.150 e. The van der Waals surface area contributed by atoms with Crippen molar-refractivity contribution in [3.63, 3.8) is 0 Å². The normalized spacial score (nSPS) is 12.2. The molecular formula is C19H16ClN5. The lowest BCUT2D eigenvalue weighted by molar-refractivity contribution is 0.569. The van der Waals surface area contributed by atoms with Gasteiger partial charge in [-0.05, 0) is 54.4 Å². The lowest BCUT2D eigenvalue weighted by Crippen LogP contribution is -2.21. The number of pyridine rings is 1. The number of nitrogens with zero attached hydrogens (tertiary/aromatic N) is 4. The second-order valence-corrected chi connectivity index (χ2v) is 6.28. The molecule has 0 aliphatic carbocycles. The van der Waals surface area contributed by atoms with Gasteiger partial charge in [0, 0.05) is 11.2 Å². The number of hydrogen-bond donors (Lipinski definition) is 1. The summed E-state index contributed by atoms with van der Waals surface area (Å²) in [6, 6.07) is 19.5. The van der Waals surface area contributed by atoms with Gasteiger partial charge in [0.05, 0.1) is 5.52 Å². The van der Waals surface area contributed by atoms with E-state index < -0.39 is 0 Å². The summed E-state index contributed by atoms with van der Waals surface area (Å²) < 4.78 is 1.86. The molecule has 2 aromatic heterocycles. The largest absolute Gasteiger partial charge is 0.345 e. The number of rotatable bonds is 4. The Morgan fingerprint density at radius 2 is 1.84 bits per heavy atom. The monoisotopic (exact) mass is 349 g/mol. The molecule has 1 unspecified atom stereocenters. The molecule has 124 valence electrons. The van der Waals surface area contributed by atoms with Crippen LogP contribution in [0.15, 0.2) is 66.9 Å². The predicted octanol–water partition coefficient (Wildman–Crippen LogP) is 4.45. The molecule has 1 atom stereocenters. The molecule has 0 spiro atoms. The molecule has 0 saturated carbocycles. The van der Waals surface area contributed by atoms with Crippen LogP contribution in [0, 0.1) is 6.92 Å². The van der Waals surface area contributed by atoms with Crippen LogP contribution in [0.3, 0.4) is 0 Å². The SMILES string of the molecule is Cc1ccnc(NC(c2ccc(Cl)cc2)n2nnc3ccccc32)c1. The van der Waals surface area contributed by atoms with Crippen molar-refractivity contribution < 1.29 is 0 Å². The third-order valence-electron chi connectivity index (χ3n) is 4.01. The van der Waals surface area contributed by atoms with Gasteiger partial charge in [-0.1, -0.05) is 41.1 Å². The van der Waals surface area contributed by atoms with Crippen LogP contribution in [0.1, 0.15) is 17.3 Å². The minimum Gasteiger partial charge on any atom is -0.345 e. The summed E-state index contributed by atoms with van der Waals surface area (Å²) in [4.78, 5) is 4.41. The first kappa shape index (κ1) is 15.6. The number of para-hydroxylation sites is 1. The third-order valence-corrected chi connectivity index (χ3v) is 4.26. The van der Waals surface area contributed by atoms with Gasteiger partial charge in [0.15, 0.2) is 0 Å². The highest BCUT2D eigenvalue weighted by molar-refractivity contribution is 6.30. The minimum absolute atomic E-state index is 0.251. The first-order valence-corrected chi connectivity index (χ1v) is 8.33. The van der Waals surface area contributed by atoms with E-state index in [2.05, 4.69) is 20.6 Å². The van der Waals surface area contributed by atoms with E-state index in [0.29, 0.717) is 5.02 Å². The summed E-state index contributed by atoms with van der Waals surface area (Å²) in [7, 11) is 0. The Kier molecular flexibility index (Phi) is 4.07. The van der Waals surface area contributed by atoms with E-state index in [4.69, 9.17) is 11.6 Å². The fourth-order valence-corrected chi connectivity index (χ4v) is 2.89. The van der Waals surface area contributed by atoms with Crippen LogP contribution >= 0.6 is 11.6 Å². The highest BCUT2D eigenvalue weighted by Gasteiger charge is 2.18. The number of aromatic nitrogens is 4. The van der Waals surface area contributed by atoms with Crippen LogP contribution in [0.4, 0.5) is 5.82 Å². The molecule has 2 aromatic carbocycles. The van der Waals surface area contributed by atoms with Crippen molar-refractivity contribution in [2.24, 2.45) is 0 Å². The van der Waals surface area contributed by atoms with Crippen molar-refractivity contribution in [2.75, 3.05) is 5.32 Å². The molecule has 4 aromatic rings. The zero-order chi connectivity index (χ0) is 17.2. The Hall–Kier alpha value is -2.92. The Labute approximate surface area is 150 Å². The number of nitrogens with one attached hydrogen (secondary N) is 1. The van der Waals surface area contributed by atoms with Gasteiger partial charge >= 0.3 is 0 Å². The van der Waals surface area contributed by atoms with Gasteiger partial charge in [0.1, 0.15) is 17.5 Å². The number of halogens is 1. The Bertz CT molecular complexity index is 1010. The van der Waals surface area contributed by atoms with Gasteiger partial charge in [0.25, 0.3) is 0 Å². The molecule has 5 nitrogen and oxygen atoms in total. The number of benzene rings is 2. The van der Waals surface area contributed by atoms with Gasteiger partial charge in [-0.25, -0.2) is 9.67 Å². The van der Waals surface area contributed by atoms with E-state index in [1.807, 2.05) is 72.3 Å². The van der Waals surface area contributed by atoms with Gasteiger partial charge in [-0.2, -0.15) is 0 Å². The van der Waals surface area contributed by atoms with Gasteiger partial charge in [-0.3, -0.25) is 0 Å². The van der Waals surface area contributed by atoms with E-state index in [1.165, 1.54) is 0 Å². The van der Waals surface area contributed by atoms with E-state index >= 15 is 0 Å². The first-order chi connectivity index (χ1) is 12.2.